The van der Waals surface area contributed by atoms with Gasteiger partial charge in [0.1, 0.15) is 12.7 Å². The molecule has 2 atom stereocenters. The van der Waals surface area contributed by atoms with E-state index in [1.807, 2.05) is 14.1 Å². The molecule has 0 aliphatic heterocycles. The molecule has 5 nitrogen and oxygen atoms in total. The first kappa shape index (κ1) is 42.9. The Balaban J connectivity index is 4.75. The lowest BCUT2D eigenvalue weighted by atomic mass is 9.94. The molecule has 2 unspecified atom stereocenters. The van der Waals surface area contributed by atoms with Crippen LogP contribution in [0.25, 0.3) is 0 Å². The number of nitrogens with zero attached hydrogens (tertiary/aromatic N) is 1. The lowest BCUT2D eigenvalue weighted by Gasteiger charge is -2.21. The zero-order valence-corrected chi connectivity index (χ0v) is 30.4. The molecule has 262 valence electrons. The van der Waals surface area contributed by atoms with Crippen molar-refractivity contribution in [2.45, 2.75) is 207 Å². The van der Waals surface area contributed by atoms with Gasteiger partial charge in [-0.2, -0.15) is 0 Å². The Bertz CT molecular complexity index is 623. The summed E-state index contributed by atoms with van der Waals surface area (Å²) in [5.74, 6) is -0.253. The number of ether oxygens (including phenoxy) is 2. The van der Waals surface area contributed by atoms with E-state index in [0.29, 0.717) is 6.42 Å². The van der Waals surface area contributed by atoms with Crippen molar-refractivity contribution in [2.24, 2.45) is 5.92 Å². The van der Waals surface area contributed by atoms with E-state index in [1.54, 1.807) is 0 Å². The van der Waals surface area contributed by atoms with E-state index < -0.39 is 0 Å². The molecule has 0 radical (unpaired) electrons. The second kappa shape index (κ2) is 33.3. The molecule has 0 N–H and O–H groups in total. The van der Waals surface area contributed by atoms with Crippen LogP contribution in [-0.4, -0.2) is 50.2 Å². The third-order valence-corrected chi connectivity index (χ3v) is 8.97. The quantitative estimate of drug-likeness (QED) is 0.0527. The van der Waals surface area contributed by atoms with Crippen molar-refractivity contribution in [3.05, 3.63) is 0 Å². The molecule has 0 spiro atoms. The van der Waals surface area contributed by atoms with Crippen molar-refractivity contribution in [1.82, 2.24) is 4.90 Å². The van der Waals surface area contributed by atoms with Gasteiger partial charge in [0, 0.05) is 6.42 Å². The Kier molecular flexibility index (Phi) is 32.4. The maximum atomic E-state index is 13.3. The molecular weight excluding hydrogens is 546 g/mol. The molecule has 0 saturated heterocycles. The summed E-state index contributed by atoms with van der Waals surface area (Å²) in [6, 6.07) is 0. The van der Waals surface area contributed by atoms with E-state index in [-0.39, 0.29) is 30.6 Å². The van der Waals surface area contributed by atoms with Crippen molar-refractivity contribution in [3.8, 4) is 0 Å². The van der Waals surface area contributed by atoms with Crippen molar-refractivity contribution < 1.29 is 19.1 Å². The molecule has 0 amide bonds. The second-order valence-electron chi connectivity index (χ2n) is 13.8. The average molecular weight is 624 g/mol. The van der Waals surface area contributed by atoms with Crippen LogP contribution in [0, 0.1) is 5.92 Å². The van der Waals surface area contributed by atoms with Crippen LogP contribution in [0.5, 0.6) is 0 Å². The highest BCUT2D eigenvalue weighted by Crippen LogP contribution is 2.22. The van der Waals surface area contributed by atoms with Gasteiger partial charge < -0.3 is 14.4 Å². The minimum atomic E-state index is -0.326. The number of carbonyl (C=O) groups excluding carboxylic acids is 2. The fourth-order valence-electron chi connectivity index (χ4n) is 6.01. The Hall–Kier alpha value is -1.10. The van der Waals surface area contributed by atoms with Gasteiger partial charge in [0.2, 0.25) is 0 Å². The highest BCUT2D eigenvalue weighted by molar-refractivity contribution is 5.72. The summed E-state index contributed by atoms with van der Waals surface area (Å²) in [5.41, 5.74) is 0. The molecule has 0 fully saturated rings. The van der Waals surface area contributed by atoms with Gasteiger partial charge in [-0.3, -0.25) is 9.59 Å². The summed E-state index contributed by atoms with van der Waals surface area (Å²) >= 11 is 0. The number of hydrogen-bond acceptors (Lipinski definition) is 5. The fraction of sp³-hybridized carbons (Fsp3) is 0.949. The predicted octanol–water partition coefficient (Wildman–Crippen LogP) is 11.6. The van der Waals surface area contributed by atoms with E-state index in [9.17, 15) is 9.59 Å². The first-order valence-corrected chi connectivity index (χ1v) is 19.4. The minimum Gasteiger partial charge on any atom is -0.462 e. The number of unbranched alkanes of at least 4 members (excludes halogenated alkanes) is 20. The van der Waals surface area contributed by atoms with Crippen LogP contribution in [0.3, 0.4) is 0 Å². The minimum absolute atomic E-state index is 0.0225. The van der Waals surface area contributed by atoms with Crippen LogP contribution >= 0.6 is 0 Å². The summed E-state index contributed by atoms with van der Waals surface area (Å²) < 4.78 is 11.8. The van der Waals surface area contributed by atoms with Crippen LogP contribution in [0.15, 0.2) is 0 Å². The van der Waals surface area contributed by atoms with Gasteiger partial charge in [-0.15, -0.1) is 0 Å². The van der Waals surface area contributed by atoms with E-state index in [0.717, 1.165) is 57.9 Å². The van der Waals surface area contributed by atoms with Gasteiger partial charge in [0.15, 0.2) is 0 Å². The lowest BCUT2D eigenvalue weighted by Crippen LogP contribution is -2.28. The average Bonchev–Trinajstić information content (AvgIpc) is 3.00. The van der Waals surface area contributed by atoms with Gasteiger partial charge in [0.25, 0.3) is 0 Å². The molecule has 0 saturated carbocycles. The Morgan fingerprint density at radius 3 is 1.32 bits per heavy atom. The zero-order valence-electron chi connectivity index (χ0n) is 30.4. The molecule has 0 rings (SSSR count). The molecule has 0 aromatic heterocycles. The molecule has 5 heteroatoms. The molecule has 0 aromatic rings. The maximum absolute atomic E-state index is 13.3. The van der Waals surface area contributed by atoms with Gasteiger partial charge in [-0.1, -0.05) is 162 Å². The van der Waals surface area contributed by atoms with Crippen LogP contribution in [-0.2, 0) is 19.1 Å². The lowest BCUT2D eigenvalue weighted by molar-refractivity contribution is -0.162. The molecule has 44 heavy (non-hydrogen) atoms. The summed E-state index contributed by atoms with van der Waals surface area (Å²) in [7, 11) is 4.04. The monoisotopic (exact) mass is 624 g/mol. The third-order valence-electron chi connectivity index (χ3n) is 8.97. The predicted molar refractivity (Wildman–Crippen MR) is 189 cm³/mol. The van der Waals surface area contributed by atoms with Crippen LogP contribution < -0.4 is 0 Å². The number of carbonyl (C=O) groups is 2. The highest BCUT2D eigenvalue weighted by Gasteiger charge is 2.22. The zero-order chi connectivity index (χ0) is 32.5. The smallest absolute Gasteiger partial charge is 0.309 e. The molecule has 0 heterocycles. The van der Waals surface area contributed by atoms with Crippen LogP contribution in [0.1, 0.15) is 201 Å². The summed E-state index contributed by atoms with van der Waals surface area (Å²) in [4.78, 5) is 28.0. The third kappa shape index (κ3) is 29.6. The summed E-state index contributed by atoms with van der Waals surface area (Å²) in [6.45, 7) is 7.84. The first-order valence-electron chi connectivity index (χ1n) is 19.4. The standard InChI is InChI=1S/C39H77NO4/c1-6-9-12-15-17-18-19-20-22-25-28-32-37(44-38(41)33-29-34-40(4)5)35-43-39(42)36(30-26-23-14-11-8-3)31-27-24-21-16-13-10-7-2/h36-37H,6-35H2,1-5H3. The first-order chi connectivity index (χ1) is 21.4. The van der Waals surface area contributed by atoms with Crippen molar-refractivity contribution in [1.29, 1.82) is 0 Å². The summed E-state index contributed by atoms with van der Waals surface area (Å²) in [6.07, 6.45) is 32.5. The Morgan fingerprint density at radius 1 is 0.523 bits per heavy atom. The van der Waals surface area contributed by atoms with Crippen molar-refractivity contribution >= 4 is 11.9 Å². The largest absolute Gasteiger partial charge is 0.462 e. The van der Waals surface area contributed by atoms with Crippen molar-refractivity contribution in [2.75, 3.05) is 27.2 Å². The van der Waals surface area contributed by atoms with Gasteiger partial charge in [-0.25, -0.2) is 0 Å². The topological polar surface area (TPSA) is 55.8 Å². The molecular formula is C39H77NO4. The van der Waals surface area contributed by atoms with E-state index in [2.05, 4.69) is 25.7 Å². The molecule has 0 aliphatic rings. The van der Waals surface area contributed by atoms with E-state index in [1.165, 1.54) is 122 Å². The number of rotatable bonds is 34. The normalized spacial score (nSPS) is 12.9. The SMILES string of the molecule is CCCCCCCCCCCCCC(COC(=O)C(CCCCCCC)CCCCCCCCC)OC(=O)CCCN(C)C. The summed E-state index contributed by atoms with van der Waals surface area (Å²) in [5, 5.41) is 0. The van der Waals surface area contributed by atoms with Crippen molar-refractivity contribution in [3.63, 3.8) is 0 Å². The maximum Gasteiger partial charge on any atom is 0.309 e. The van der Waals surface area contributed by atoms with Gasteiger partial charge >= 0.3 is 11.9 Å². The Morgan fingerprint density at radius 2 is 0.909 bits per heavy atom. The van der Waals surface area contributed by atoms with Crippen LogP contribution in [0.2, 0.25) is 0 Å². The number of hydrogen-bond donors (Lipinski definition) is 0. The van der Waals surface area contributed by atoms with Gasteiger partial charge in [0.05, 0.1) is 5.92 Å². The number of esters is 2. The van der Waals surface area contributed by atoms with E-state index >= 15 is 0 Å². The van der Waals surface area contributed by atoms with Gasteiger partial charge in [-0.05, 0) is 52.7 Å². The van der Waals surface area contributed by atoms with E-state index in [4.69, 9.17) is 9.47 Å². The molecule has 0 bridgehead atoms. The highest BCUT2D eigenvalue weighted by atomic mass is 16.6. The molecule has 0 aromatic carbocycles. The molecule has 0 aliphatic carbocycles. The second-order valence-corrected chi connectivity index (χ2v) is 13.8. The Labute approximate surface area is 275 Å². The van der Waals surface area contributed by atoms with Crippen LogP contribution in [0.4, 0.5) is 0 Å². The fourth-order valence-corrected chi connectivity index (χ4v) is 6.01.